The maximum absolute atomic E-state index is 12.1. The van der Waals surface area contributed by atoms with Crippen molar-refractivity contribution in [2.24, 2.45) is 0 Å². The summed E-state index contributed by atoms with van der Waals surface area (Å²) in [5.41, 5.74) is 4.76. The summed E-state index contributed by atoms with van der Waals surface area (Å²) in [5, 5.41) is 0. The molecule has 0 aromatic heterocycles. The average molecular weight is 258 g/mol. The molecule has 2 heteroatoms. The molecule has 0 N–H and O–H groups in total. The van der Waals surface area contributed by atoms with Gasteiger partial charge in [0.1, 0.15) is 0 Å². The zero-order chi connectivity index (χ0) is 13.0. The molecular weight excluding hydrogens is 240 g/mol. The molecule has 0 fully saturated rings. The van der Waals surface area contributed by atoms with Crippen LogP contribution in [0, 0.1) is 13.8 Å². The lowest BCUT2D eigenvalue weighted by molar-refractivity contribution is 0.682. The Balaban J connectivity index is 1.98. The second-order valence-electron chi connectivity index (χ2n) is 4.70. The van der Waals surface area contributed by atoms with Gasteiger partial charge < -0.3 is 0 Å². The van der Waals surface area contributed by atoms with Gasteiger partial charge in [0.25, 0.3) is 0 Å². The second kappa shape index (κ2) is 5.96. The molecular formula is C16H18OS. The largest absolute Gasteiger partial charge is 0.259 e. The van der Waals surface area contributed by atoms with E-state index in [2.05, 4.69) is 50.2 Å². The van der Waals surface area contributed by atoms with Crippen LogP contribution in [0.3, 0.4) is 0 Å². The number of aryl methyl sites for hydroxylation is 2. The van der Waals surface area contributed by atoms with Crippen LogP contribution in [-0.4, -0.2) is 4.21 Å². The van der Waals surface area contributed by atoms with Crippen LogP contribution in [0.4, 0.5) is 0 Å². The number of hydrogen-bond acceptors (Lipinski definition) is 1. The van der Waals surface area contributed by atoms with E-state index in [1.165, 1.54) is 11.1 Å². The minimum Gasteiger partial charge on any atom is -0.259 e. The Labute approximate surface area is 111 Å². The summed E-state index contributed by atoms with van der Waals surface area (Å²) in [5.74, 6) is 1.27. The first-order valence-corrected chi connectivity index (χ1v) is 7.58. The van der Waals surface area contributed by atoms with Gasteiger partial charge in [-0.2, -0.15) is 0 Å². The lowest BCUT2D eigenvalue weighted by Gasteiger charge is -2.04. The lowest BCUT2D eigenvalue weighted by Crippen LogP contribution is -1.99. The molecule has 0 spiro atoms. The molecule has 1 atom stereocenters. The SMILES string of the molecule is Cc1ccc(C[S@](=O)Cc2cccc(C)c2)cc1. The van der Waals surface area contributed by atoms with Crippen LogP contribution in [0.5, 0.6) is 0 Å². The Morgan fingerprint density at radius 1 is 0.833 bits per heavy atom. The van der Waals surface area contributed by atoms with Gasteiger partial charge in [0.05, 0.1) is 0 Å². The van der Waals surface area contributed by atoms with Crippen molar-refractivity contribution < 1.29 is 4.21 Å². The third kappa shape index (κ3) is 3.81. The van der Waals surface area contributed by atoms with E-state index in [9.17, 15) is 4.21 Å². The molecule has 0 bridgehead atoms. The summed E-state index contributed by atoms with van der Waals surface area (Å²) in [4.78, 5) is 0. The highest BCUT2D eigenvalue weighted by Crippen LogP contribution is 2.11. The van der Waals surface area contributed by atoms with E-state index in [0.717, 1.165) is 11.1 Å². The van der Waals surface area contributed by atoms with E-state index in [4.69, 9.17) is 0 Å². The summed E-state index contributed by atoms with van der Waals surface area (Å²) in [6, 6.07) is 16.5. The summed E-state index contributed by atoms with van der Waals surface area (Å²) in [6.45, 7) is 4.12. The normalized spacial score (nSPS) is 12.3. The maximum atomic E-state index is 12.1. The van der Waals surface area contributed by atoms with E-state index >= 15 is 0 Å². The summed E-state index contributed by atoms with van der Waals surface area (Å²) >= 11 is 0. The van der Waals surface area contributed by atoms with Gasteiger partial charge >= 0.3 is 0 Å². The predicted octanol–water partition coefficient (Wildman–Crippen LogP) is 3.75. The average Bonchev–Trinajstić information content (AvgIpc) is 2.32. The molecule has 18 heavy (non-hydrogen) atoms. The first-order chi connectivity index (χ1) is 8.63. The molecule has 0 heterocycles. The van der Waals surface area contributed by atoms with E-state index < -0.39 is 10.8 Å². The molecule has 0 saturated heterocycles. The highest BCUT2D eigenvalue weighted by atomic mass is 32.2. The Kier molecular flexibility index (Phi) is 4.32. The van der Waals surface area contributed by atoms with Crippen LogP contribution in [0.2, 0.25) is 0 Å². The van der Waals surface area contributed by atoms with Gasteiger partial charge in [-0.25, -0.2) is 0 Å². The Hall–Kier alpha value is -1.41. The Morgan fingerprint density at radius 3 is 2.17 bits per heavy atom. The van der Waals surface area contributed by atoms with Crippen molar-refractivity contribution in [3.63, 3.8) is 0 Å². The van der Waals surface area contributed by atoms with Crippen molar-refractivity contribution in [2.45, 2.75) is 25.4 Å². The van der Waals surface area contributed by atoms with Gasteiger partial charge in [-0.15, -0.1) is 0 Å². The van der Waals surface area contributed by atoms with Crippen LogP contribution < -0.4 is 0 Å². The minimum atomic E-state index is -0.837. The third-order valence-electron chi connectivity index (χ3n) is 2.86. The van der Waals surface area contributed by atoms with Gasteiger partial charge in [0.15, 0.2) is 0 Å². The fraction of sp³-hybridized carbons (Fsp3) is 0.250. The van der Waals surface area contributed by atoms with Gasteiger partial charge in [-0.3, -0.25) is 4.21 Å². The van der Waals surface area contributed by atoms with Crippen molar-refractivity contribution >= 4 is 10.8 Å². The zero-order valence-corrected chi connectivity index (χ0v) is 11.7. The molecule has 2 rings (SSSR count). The predicted molar refractivity (Wildman–Crippen MR) is 77.9 cm³/mol. The van der Waals surface area contributed by atoms with Crippen molar-refractivity contribution in [1.29, 1.82) is 0 Å². The Bertz CT molecular complexity index is 543. The molecule has 0 aliphatic rings. The van der Waals surface area contributed by atoms with Gasteiger partial charge in [-0.1, -0.05) is 59.7 Å². The molecule has 2 aromatic rings. The molecule has 94 valence electrons. The molecule has 2 aromatic carbocycles. The van der Waals surface area contributed by atoms with Crippen LogP contribution in [0.1, 0.15) is 22.3 Å². The van der Waals surface area contributed by atoms with Crippen molar-refractivity contribution in [2.75, 3.05) is 0 Å². The first kappa shape index (κ1) is 13.0. The van der Waals surface area contributed by atoms with E-state index in [1.54, 1.807) is 0 Å². The van der Waals surface area contributed by atoms with Gasteiger partial charge in [0, 0.05) is 22.3 Å². The summed E-state index contributed by atoms with van der Waals surface area (Å²) in [6.07, 6.45) is 0. The standard InChI is InChI=1S/C16H18OS/c1-13-6-8-15(9-7-13)11-18(17)12-16-5-3-4-14(2)10-16/h3-10H,11-12H2,1-2H3/t18-/m0/s1. The quantitative estimate of drug-likeness (QED) is 0.816. The van der Waals surface area contributed by atoms with Crippen molar-refractivity contribution in [3.8, 4) is 0 Å². The topological polar surface area (TPSA) is 17.1 Å². The van der Waals surface area contributed by atoms with Crippen molar-refractivity contribution in [1.82, 2.24) is 0 Å². The number of hydrogen-bond donors (Lipinski definition) is 0. The monoisotopic (exact) mass is 258 g/mol. The zero-order valence-electron chi connectivity index (χ0n) is 10.8. The summed E-state index contributed by atoms with van der Waals surface area (Å²) in [7, 11) is -0.837. The number of benzene rings is 2. The molecule has 0 unspecified atom stereocenters. The Morgan fingerprint density at radius 2 is 1.50 bits per heavy atom. The molecule has 1 nitrogen and oxygen atoms in total. The fourth-order valence-electron chi connectivity index (χ4n) is 1.91. The van der Waals surface area contributed by atoms with Gasteiger partial charge in [-0.05, 0) is 25.0 Å². The smallest absolute Gasteiger partial charge is 0.0489 e. The maximum Gasteiger partial charge on any atom is 0.0489 e. The highest BCUT2D eigenvalue weighted by molar-refractivity contribution is 7.83. The van der Waals surface area contributed by atoms with Crippen LogP contribution in [0.15, 0.2) is 48.5 Å². The van der Waals surface area contributed by atoms with Crippen molar-refractivity contribution in [3.05, 3.63) is 70.8 Å². The second-order valence-corrected chi connectivity index (χ2v) is 6.16. The first-order valence-electron chi connectivity index (χ1n) is 6.09. The van der Waals surface area contributed by atoms with Crippen LogP contribution in [0.25, 0.3) is 0 Å². The lowest BCUT2D eigenvalue weighted by atomic mass is 10.2. The number of rotatable bonds is 4. The van der Waals surface area contributed by atoms with Crippen LogP contribution >= 0.6 is 0 Å². The van der Waals surface area contributed by atoms with E-state index in [1.807, 2.05) is 12.1 Å². The molecule has 0 aliphatic carbocycles. The fourth-order valence-corrected chi connectivity index (χ4v) is 3.13. The van der Waals surface area contributed by atoms with E-state index in [-0.39, 0.29) is 0 Å². The molecule has 0 radical (unpaired) electrons. The molecule has 0 aliphatic heterocycles. The van der Waals surface area contributed by atoms with E-state index in [0.29, 0.717) is 11.5 Å². The molecule has 0 saturated carbocycles. The minimum absolute atomic E-state index is 0.633. The van der Waals surface area contributed by atoms with Gasteiger partial charge in [0.2, 0.25) is 0 Å². The molecule has 0 amide bonds. The highest BCUT2D eigenvalue weighted by Gasteiger charge is 2.03. The van der Waals surface area contributed by atoms with Crippen LogP contribution in [-0.2, 0) is 22.3 Å². The summed E-state index contributed by atoms with van der Waals surface area (Å²) < 4.78 is 12.1. The third-order valence-corrected chi connectivity index (χ3v) is 4.17.